The number of aliphatic hydroxyl groups is 1. The molecule has 3 rings (SSSR count). The second-order valence-corrected chi connectivity index (χ2v) is 8.90. The predicted molar refractivity (Wildman–Crippen MR) is 113 cm³/mol. The average Bonchev–Trinajstić information content (AvgIpc) is 3.23. The van der Waals surface area contributed by atoms with Gasteiger partial charge in [0.05, 0.1) is 12.7 Å². The first-order valence-electron chi connectivity index (χ1n) is 9.20. The van der Waals surface area contributed by atoms with Crippen LogP contribution >= 0.6 is 34.5 Å². The van der Waals surface area contributed by atoms with E-state index in [9.17, 15) is 9.90 Å². The number of halogens is 2. The van der Waals surface area contributed by atoms with Crippen molar-refractivity contribution in [2.45, 2.75) is 38.2 Å². The van der Waals surface area contributed by atoms with Gasteiger partial charge in [-0.2, -0.15) is 0 Å². The summed E-state index contributed by atoms with van der Waals surface area (Å²) in [5.74, 6) is -0.158. The van der Waals surface area contributed by atoms with Crippen LogP contribution in [0.2, 0.25) is 10.0 Å². The van der Waals surface area contributed by atoms with Crippen LogP contribution in [0.5, 0.6) is 5.75 Å². The third-order valence-electron chi connectivity index (χ3n) is 4.86. The van der Waals surface area contributed by atoms with Gasteiger partial charge >= 0.3 is 5.97 Å². The first-order chi connectivity index (χ1) is 13.4. The van der Waals surface area contributed by atoms with Gasteiger partial charge < -0.3 is 14.9 Å². The Kier molecular flexibility index (Phi) is 7.41. The molecule has 0 spiro atoms. The van der Waals surface area contributed by atoms with E-state index in [1.54, 1.807) is 24.3 Å². The van der Waals surface area contributed by atoms with Crippen molar-refractivity contribution in [3.05, 3.63) is 61.8 Å². The van der Waals surface area contributed by atoms with E-state index in [0.717, 1.165) is 30.6 Å². The zero-order valence-corrected chi connectivity index (χ0v) is 17.6. The largest absolute Gasteiger partial charge is 0.493 e. The summed E-state index contributed by atoms with van der Waals surface area (Å²) in [6.07, 6.45) is 5.81. The summed E-state index contributed by atoms with van der Waals surface area (Å²) >= 11 is 13.3. The van der Waals surface area contributed by atoms with Crippen LogP contribution in [0.3, 0.4) is 0 Å². The number of aryl methyl sites for hydroxylation is 1. The van der Waals surface area contributed by atoms with Crippen LogP contribution in [0.25, 0.3) is 0 Å². The Labute approximate surface area is 178 Å². The Balaban J connectivity index is 1.47. The quantitative estimate of drug-likeness (QED) is 0.479. The van der Waals surface area contributed by atoms with Crippen molar-refractivity contribution < 1.29 is 19.7 Å². The number of aromatic carboxylic acids is 1. The Morgan fingerprint density at radius 3 is 2.61 bits per heavy atom. The molecule has 1 aliphatic rings. The molecule has 1 aliphatic carbocycles. The molecular weight excluding hydrogens is 419 g/mol. The van der Waals surface area contributed by atoms with Gasteiger partial charge in [-0.25, -0.2) is 4.79 Å². The van der Waals surface area contributed by atoms with Gasteiger partial charge in [-0.1, -0.05) is 34.9 Å². The van der Waals surface area contributed by atoms with Crippen molar-refractivity contribution in [3.63, 3.8) is 0 Å². The van der Waals surface area contributed by atoms with Gasteiger partial charge in [0.1, 0.15) is 10.6 Å². The molecule has 0 fully saturated rings. The van der Waals surface area contributed by atoms with Crippen LogP contribution in [-0.2, 0) is 6.42 Å². The van der Waals surface area contributed by atoms with Crippen molar-refractivity contribution in [2.75, 3.05) is 6.61 Å². The Morgan fingerprint density at radius 2 is 1.93 bits per heavy atom. The maximum Gasteiger partial charge on any atom is 0.345 e. The van der Waals surface area contributed by atoms with E-state index in [2.05, 4.69) is 6.08 Å². The van der Waals surface area contributed by atoms with E-state index in [4.69, 9.17) is 33.0 Å². The fourth-order valence-corrected chi connectivity index (χ4v) is 4.90. The second kappa shape index (κ2) is 9.79. The van der Waals surface area contributed by atoms with E-state index in [-0.39, 0.29) is 12.0 Å². The van der Waals surface area contributed by atoms with Crippen LogP contribution in [0, 0.1) is 5.92 Å². The minimum Gasteiger partial charge on any atom is -0.493 e. The molecule has 0 aliphatic heterocycles. The lowest BCUT2D eigenvalue weighted by Gasteiger charge is -2.19. The van der Waals surface area contributed by atoms with Gasteiger partial charge in [-0.3, -0.25) is 0 Å². The highest BCUT2D eigenvalue weighted by molar-refractivity contribution is 7.13. The third kappa shape index (κ3) is 5.74. The molecule has 0 radical (unpaired) electrons. The molecule has 0 saturated heterocycles. The van der Waals surface area contributed by atoms with Gasteiger partial charge in [0.15, 0.2) is 0 Å². The highest BCUT2D eigenvalue weighted by Gasteiger charge is 2.27. The molecule has 28 heavy (non-hydrogen) atoms. The summed E-state index contributed by atoms with van der Waals surface area (Å²) in [6, 6.07) is 8.64. The lowest BCUT2D eigenvalue weighted by molar-refractivity contribution is 0.0702. The fourth-order valence-electron chi connectivity index (χ4n) is 3.51. The molecule has 0 bridgehead atoms. The molecule has 1 aromatic heterocycles. The summed E-state index contributed by atoms with van der Waals surface area (Å²) in [7, 11) is 0. The Hall–Kier alpha value is -1.53. The average molecular weight is 441 g/mol. The lowest BCUT2D eigenvalue weighted by atomic mass is 9.92. The number of carboxylic acids is 1. The highest BCUT2D eigenvalue weighted by atomic mass is 35.5. The molecule has 150 valence electrons. The number of carbonyl (C=O) groups is 1. The first-order valence-corrected chi connectivity index (χ1v) is 10.8. The molecule has 2 N–H and O–H groups in total. The molecule has 0 amide bonds. The number of thiophene rings is 1. The first kappa shape index (κ1) is 21.2. The molecule has 0 saturated carbocycles. The molecule has 1 aromatic carbocycles. The monoisotopic (exact) mass is 440 g/mol. The van der Waals surface area contributed by atoms with Crippen molar-refractivity contribution in [2.24, 2.45) is 5.92 Å². The van der Waals surface area contributed by atoms with Crippen molar-refractivity contribution in [3.8, 4) is 5.75 Å². The van der Waals surface area contributed by atoms with Crippen LogP contribution in [0.1, 0.15) is 40.2 Å². The molecule has 1 heterocycles. The van der Waals surface area contributed by atoms with Crippen molar-refractivity contribution in [1.29, 1.82) is 0 Å². The topological polar surface area (TPSA) is 66.8 Å². The van der Waals surface area contributed by atoms with Gasteiger partial charge in [0, 0.05) is 20.8 Å². The number of hydrogen-bond acceptors (Lipinski definition) is 4. The predicted octanol–water partition coefficient (Wildman–Crippen LogP) is 5.85. The summed E-state index contributed by atoms with van der Waals surface area (Å²) < 4.78 is 5.76. The maximum atomic E-state index is 11.0. The van der Waals surface area contributed by atoms with Crippen LogP contribution in [-0.4, -0.2) is 28.9 Å². The van der Waals surface area contributed by atoms with Gasteiger partial charge in [-0.15, -0.1) is 11.3 Å². The molecular formula is C21H22Cl2O4S. The van der Waals surface area contributed by atoms with Crippen LogP contribution in [0.4, 0.5) is 0 Å². The number of rotatable bonds is 9. The van der Waals surface area contributed by atoms with E-state index in [0.29, 0.717) is 33.7 Å². The number of aliphatic hydroxyl groups excluding tert-OH is 1. The van der Waals surface area contributed by atoms with Gasteiger partial charge in [0.25, 0.3) is 0 Å². The normalized spacial score (nSPS) is 18.9. The van der Waals surface area contributed by atoms with Crippen molar-refractivity contribution in [1.82, 2.24) is 0 Å². The Morgan fingerprint density at radius 1 is 1.18 bits per heavy atom. The van der Waals surface area contributed by atoms with E-state index in [1.807, 2.05) is 6.07 Å². The summed E-state index contributed by atoms with van der Waals surface area (Å²) in [5.41, 5.74) is 1.26. The SMILES string of the molecule is O=C(O)c1ccc(CCCC2=CC[C@@H](O)[C@@H]2CCOc2cc(Cl)cc(Cl)c2)s1. The number of carboxylic acid groups (broad SMARTS) is 1. The summed E-state index contributed by atoms with van der Waals surface area (Å²) in [6.45, 7) is 0.475. The lowest BCUT2D eigenvalue weighted by Crippen LogP contribution is -2.19. The van der Waals surface area contributed by atoms with Crippen LogP contribution < -0.4 is 4.74 Å². The standard InChI is InChI=1S/C21H22Cl2O4S/c22-14-10-15(23)12-16(11-14)27-9-8-18-13(4-6-19(18)24)2-1-3-17-5-7-20(28-17)21(25)26/h4-5,7,10-12,18-19,24H,1-3,6,8-9H2,(H,25,26)/t18-,19-/m1/s1. The van der Waals surface area contributed by atoms with Gasteiger partial charge in [-0.05, 0) is 62.4 Å². The van der Waals surface area contributed by atoms with Crippen molar-refractivity contribution >= 4 is 40.5 Å². The van der Waals surface area contributed by atoms with E-state index in [1.165, 1.54) is 16.9 Å². The zero-order valence-electron chi connectivity index (χ0n) is 15.2. The van der Waals surface area contributed by atoms with E-state index >= 15 is 0 Å². The molecule has 2 aromatic rings. The number of benzene rings is 1. The molecule has 2 atom stereocenters. The van der Waals surface area contributed by atoms with Crippen LogP contribution in [0.15, 0.2) is 42.0 Å². The fraction of sp³-hybridized carbons (Fsp3) is 0.381. The molecule has 0 unspecified atom stereocenters. The zero-order chi connectivity index (χ0) is 20.1. The number of hydrogen-bond donors (Lipinski definition) is 2. The highest BCUT2D eigenvalue weighted by Crippen LogP contribution is 2.33. The number of ether oxygens (including phenoxy) is 1. The van der Waals surface area contributed by atoms with E-state index < -0.39 is 5.97 Å². The second-order valence-electron chi connectivity index (χ2n) is 6.86. The minimum atomic E-state index is -0.876. The molecule has 4 nitrogen and oxygen atoms in total. The summed E-state index contributed by atoms with van der Waals surface area (Å²) in [4.78, 5) is 12.4. The third-order valence-corrected chi connectivity index (χ3v) is 6.43. The molecule has 7 heteroatoms. The minimum absolute atomic E-state index is 0.0903. The smallest absolute Gasteiger partial charge is 0.345 e. The maximum absolute atomic E-state index is 11.0. The summed E-state index contributed by atoms with van der Waals surface area (Å²) in [5, 5.41) is 20.4. The Bertz CT molecular complexity index is 842. The van der Waals surface area contributed by atoms with Gasteiger partial charge in [0.2, 0.25) is 0 Å².